The minimum absolute atomic E-state index is 0.103. The molecule has 1 aliphatic heterocycles. The quantitative estimate of drug-likeness (QED) is 0.332. The highest BCUT2D eigenvalue weighted by molar-refractivity contribution is 5.99. The summed E-state index contributed by atoms with van der Waals surface area (Å²) in [6.45, 7) is 2.90. The second kappa shape index (κ2) is 6.50. The lowest BCUT2D eigenvalue weighted by Gasteiger charge is -2.05. The predicted octanol–water partition coefficient (Wildman–Crippen LogP) is 3.39. The average Bonchev–Trinajstić information content (AvgIpc) is 3.22. The van der Waals surface area contributed by atoms with E-state index in [0.717, 1.165) is 19.4 Å². The van der Waals surface area contributed by atoms with Gasteiger partial charge in [-0.3, -0.25) is 14.9 Å². The van der Waals surface area contributed by atoms with E-state index in [0.29, 0.717) is 0 Å². The molecule has 0 bridgehead atoms. The molecule has 5 heteroatoms. The van der Waals surface area contributed by atoms with Gasteiger partial charge >= 0.3 is 0 Å². The van der Waals surface area contributed by atoms with Crippen LogP contribution in [-0.4, -0.2) is 28.3 Å². The van der Waals surface area contributed by atoms with Gasteiger partial charge in [-0.25, -0.2) is 0 Å². The molecular formula is C15H20N2O3. The molecule has 0 N–H and O–H groups in total. The fourth-order valence-corrected chi connectivity index (χ4v) is 2.45. The summed E-state index contributed by atoms with van der Waals surface area (Å²) in [6.07, 6.45) is 5.75. The van der Waals surface area contributed by atoms with Gasteiger partial charge in [-0.1, -0.05) is 44.7 Å². The topological polar surface area (TPSA) is 63.2 Å². The summed E-state index contributed by atoms with van der Waals surface area (Å²) in [5, 5.41) is 10.9. The second-order valence-electron chi connectivity index (χ2n) is 5.23. The van der Waals surface area contributed by atoms with Crippen molar-refractivity contribution in [1.29, 1.82) is 0 Å². The molecule has 0 aliphatic carbocycles. The standard InChI is InChI=1S/C15H20N2O3/c1-2-3-4-5-8-12-11-16(12)15(18)13-9-6-7-10-14(13)17(19)20/h6-7,9-10,12H,2-5,8,11H2,1H3/t12-,16?/m0/s1. The van der Waals surface area contributed by atoms with Crippen molar-refractivity contribution in [3.8, 4) is 0 Å². The molecule has 0 aromatic heterocycles. The van der Waals surface area contributed by atoms with Crippen LogP contribution < -0.4 is 0 Å². The maximum atomic E-state index is 12.3. The molecule has 1 heterocycles. The van der Waals surface area contributed by atoms with Crippen LogP contribution in [-0.2, 0) is 0 Å². The molecule has 5 nitrogen and oxygen atoms in total. The van der Waals surface area contributed by atoms with E-state index in [1.54, 1.807) is 17.0 Å². The Hall–Kier alpha value is -1.91. The molecule has 0 spiro atoms. The number of benzene rings is 1. The smallest absolute Gasteiger partial charge is 0.282 e. The highest BCUT2D eigenvalue weighted by Crippen LogP contribution is 2.29. The van der Waals surface area contributed by atoms with E-state index < -0.39 is 4.92 Å². The zero-order valence-corrected chi connectivity index (χ0v) is 11.7. The minimum Gasteiger partial charge on any atom is -0.332 e. The number of carbonyl (C=O) groups is 1. The van der Waals surface area contributed by atoms with Gasteiger partial charge in [-0.2, -0.15) is 0 Å². The van der Waals surface area contributed by atoms with Gasteiger partial charge in [-0.05, 0) is 12.5 Å². The van der Waals surface area contributed by atoms with E-state index in [9.17, 15) is 14.9 Å². The molecule has 2 rings (SSSR count). The number of amides is 1. The molecule has 1 aromatic carbocycles. The summed E-state index contributed by atoms with van der Waals surface area (Å²) in [7, 11) is 0. The largest absolute Gasteiger partial charge is 0.332 e. The van der Waals surface area contributed by atoms with Crippen LogP contribution in [0.25, 0.3) is 0 Å². The fraction of sp³-hybridized carbons (Fsp3) is 0.533. The molecule has 1 amide bonds. The summed E-state index contributed by atoms with van der Waals surface area (Å²) >= 11 is 0. The summed E-state index contributed by atoms with van der Waals surface area (Å²) in [5.41, 5.74) is 0.0997. The van der Waals surface area contributed by atoms with Crippen molar-refractivity contribution in [2.45, 2.75) is 45.1 Å². The Balaban J connectivity index is 1.92. The molecule has 1 saturated heterocycles. The highest BCUT2D eigenvalue weighted by atomic mass is 16.6. The Bertz CT molecular complexity index is 502. The van der Waals surface area contributed by atoms with E-state index in [-0.39, 0.29) is 23.2 Å². The van der Waals surface area contributed by atoms with Crippen molar-refractivity contribution >= 4 is 11.6 Å². The van der Waals surface area contributed by atoms with Crippen molar-refractivity contribution in [3.05, 3.63) is 39.9 Å². The van der Waals surface area contributed by atoms with Crippen molar-refractivity contribution in [2.75, 3.05) is 6.54 Å². The first-order valence-electron chi connectivity index (χ1n) is 7.19. The first-order valence-corrected chi connectivity index (χ1v) is 7.19. The van der Waals surface area contributed by atoms with Crippen LogP contribution in [0.2, 0.25) is 0 Å². The van der Waals surface area contributed by atoms with Gasteiger partial charge in [0.1, 0.15) is 5.56 Å². The maximum Gasteiger partial charge on any atom is 0.282 e. The second-order valence-corrected chi connectivity index (χ2v) is 5.23. The highest BCUT2D eigenvalue weighted by Gasteiger charge is 2.39. The third-order valence-electron chi connectivity index (χ3n) is 3.70. The average molecular weight is 276 g/mol. The number of nitro benzene ring substituents is 1. The third-order valence-corrected chi connectivity index (χ3v) is 3.70. The first kappa shape index (κ1) is 14.5. The fourth-order valence-electron chi connectivity index (χ4n) is 2.45. The summed E-state index contributed by atoms with van der Waals surface area (Å²) in [6, 6.07) is 6.44. The first-order chi connectivity index (χ1) is 9.65. The Morgan fingerprint density at radius 2 is 2.10 bits per heavy atom. The molecule has 0 radical (unpaired) electrons. The molecule has 20 heavy (non-hydrogen) atoms. The molecule has 1 fully saturated rings. The molecular weight excluding hydrogens is 256 g/mol. The third kappa shape index (κ3) is 3.35. The Labute approximate surface area is 118 Å². The number of unbranched alkanes of at least 4 members (excludes halogenated alkanes) is 3. The van der Waals surface area contributed by atoms with Gasteiger partial charge in [0.05, 0.1) is 4.92 Å². The number of carbonyl (C=O) groups excluding carboxylic acids is 1. The van der Waals surface area contributed by atoms with Crippen LogP contribution in [0.1, 0.15) is 49.4 Å². The number of para-hydroxylation sites is 1. The van der Waals surface area contributed by atoms with E-state index in [1.807, 2.05) is 0 Å². The lowest BCUT2D eigenvalue weighted by molar-refractivity contribution is -0.385. The van der Waals surface area contributed by atoms with E-state index in [2.05, 4.69) is 6.92 Å². The van der Waals surface area contributed by atoms with Crippen molar-refractivity contribution in [2.24, 2.45) is 0 Å². The zero-order chi connectivity index (χ0) is 14.5. The van der Waals surface area contributed by atoms with Gasteiger partial charge in [-0.15, -0.1) is 0 Å². The van der Waals surface area contributed by atoms with Crippen LogP contribution in [0.5, 0.6) is 0 Å². The van der Waals surface area contributed by atoms with E-state index in [1.165, 1.54) is 31.4 Å². The van der Waals surface area contributed by atoms with Crippen LogP contribution in [0.3, 0.4) is 0 Å². The Kier molecular flexibility index (Phi) is 4.71. The summed E-state index contributed by atoms with van der Waals surface area (Å²) < 4.78 is 0. The van der Waals surface area contributed by atoms with E-state index >= 15 is 0 Å². The zero-order valence-electron chi connectivity index (χ0n) is 11.7. The lowest BCUT2D eigenvalue weighted by Crippen LogP contribution is -2.15. The van der Waals surface area contributed by atoms with Crippen LogP contribution in [0.4, 0.5) is 5.69 Å². The number of hydrogen-bond donors (Lipinski definition) is 0. The van der Waals surface area contributed by atoms with Crippen LogP contribution >= 0.6 is 0 Å². The van der Waals surface area contributed by atoms with Crippen molar-refractivity contribution in [1.82, 2.24) is 4.90 Å². The van der Waals surface area contributed by atoms with Crippen LogP contribution in [0.15, 0.2) is 24.3 Å². The number of nitro groups is 1. The normalized spacial score (nSPS) is 17.1. The molecule has 1 aliphatic rings. The van der Waals surface area contributed by atoms with Gasteiger partial charge < -0.3 is 4.90 Å². The maximum absolute atomic E-state index is 12.3. The number of nitrogens with zero attached hydrogens (tertiary/aromatic N) is 2. The summed E-state index contributed by atoms with van der Waals surface area (Å²) in [5.74, 6) is -0.210. The molecule has 0 saturated carbocycles. The van der Waals surface area contributed by atoms with Gasteiger partial charge in [0, 0.05) is 18.7 Å². The monoisotopic (exact) mass is 276 g/mol. The molecule has 1 atom stereocenters. The molecule has 108 valence electrons. The molecule has 1 aromatic rings. The lowest BCUT2D eigenvalue weighted by atomic mass is 10.1. The molecule has 0 unspecified atom stereocenters. The number of hydrogen-bond acceptors (Lipinski definition) is 3. The Morgan fingerprint density at radius 3 is 2.80 bits per heavy atom. The number of rotatable bonds is 7. The summed E-state index contributed by atoms with van der Waals surface area (Å²) in [4.78, 5) is 24.4. The predicted molar refractivity (Wildman–Crippen MR) is 76.7 cm³/mol. The van der Waals surface area contributed by atoms with Gasteiger partial charge in [0.15, 0.2) is 0 Å². The van der Waals surface area contributed by atoms with Gasteiger partial charge in [0.25, 0.3) is 11.6 Å². The SMILES string of the molecule is CCCCCC[C@H]1CN1C(=O)c1ccccc1[N+](=O)[O-]. The van der Waals surface area contributed by atoms with Gasteiger partial charge in [0.2, 0.25) is 0 Å². The Morgan fingerprint density at radius 1 is 1.35 bits per heavy atom. The van der Waals surface area contributed by atoms with Crippen LogP contribution in [0, 0.1) is 10.1 Å². The van der Waals surface area contributed by atoms with Crippen molar-refractivity contribution in [3.63, 3.8) is 0 Å². The van der Waals surface area contributed by atoms with Crippen molar-refractivity contribution < 1.29 is 9.72 Å². The minimum atomic E-state index is -0.493. The van der Waals surface area contributed by atoms with E-state index in [4.69, 9.17) is 0 Å².